The highest BCUT2D eigenvalue weighted by molar-refractivity contribution is 5.93. The lowest BCUT2D eigenvalue weighted by molar-refractivity contribution is -0.138. The molecule has 2 rings (SSSR count). The van der Waals surface area contributed by atoms with Crippen molar-refractivity contribution in [2.45, 2.75) is 33.3 Å². The average molecular weight is 399 g/mol. The third-order valence-corrected chi connectivity index (χ3v) is 3.36. The molecule has 29 heavy (non-hydrogen) atoms. The Labute approximate surface area is 169 Å². The molecule has 0 saturated carbocycles. The van der Waals surface area contributed by atoms with Crippen LogP contribution in [-0.2, 0) is 14.3 Å². The summed E-state index contributed by atoms with van der Waals surface area (Å²) in [4.78, 5) is 27.6. The van der Waals surface area contributed by atoms with Crippen LogP contribution in [-0.4, -0.2) is 29.3 Å². The van der Waals surface area contributed by atoms with Gasteiger partial charge in [-0.25, -0.2) is 9.59 Å². The van der Waals surface area contributed by atoms with Crippen molar-refractivity contribution in [1.29, 1.82) is 0 Å². The van der Waals surface area contributed by atoms with Crippen molar-refractivity contribution in [2.24, 2.45) is 5.73 Å². The summed E-state index contributed by atoms with van der Waals surface area (Å²) in [7, 11) is 0. The van der Waals surface area contributed by atoms with E-state index in [9.17, 15) is 9.59 Å². The number of hydrogen-bond donors (Lipinski definition) is 2. The Balaban J connectivity index is 2.10. The van der Waals surface area contributed by atoms with Crippen molar-refractivity contribution in [2.75, 3.05) is 11.9 Å². The number of carbonyl (C=O) groups excluding carboxylic acids is 2. The quantitative estimate of drug-likeness (QED) is 0.556. The van der Waals surface area contributed by atoms with Gasteiger partial charge in [-0.3, -0.25) is 10.3 Å². The number of rotatable bonds is 6. The highest BCUT2D eigenvalue weighted by atomic mass is 16.6. The lowest BCUT2D eigenvalue weighted by Crippen LogP contribution is -2.27. The zero-order chi connectivity index (χ0) is 21.4. The van der Waals surface area contributed by atoms with Crippen LogP contribution in [0.2, 0.25) is 0 Å². The number of nitrogens with one attached hydrogen (secondary N) is 1. The average Bonchev–Trinajstić information content (AvgIpc) is 2.63. The minimum Gasteiger partial charge on any atom is -0.461 e. The van der Waals surface area contributed by atoms with Gasteiger partial charge in [0.25, 0.3) is 0 Å². The Bertz CT molecular complexity index is 886. The van der Waals surface area contributed by atoms with Gasteiger partial charge in [0.1, 0.15) is 22.8 Å². The van der Waals surface area contributed by atoms with Gasteiger partial charge in [-0.15, -0.1) is 0 Å². The molecule has 0 aliphatic rings. The fourth-order valence-electron chi connectivity index (χ4n) is 2.19. The Morgan fingerprint density at radius 1 is 1.17 bits per heavy atom. The van der Waals surface area contributed by atoms with Crippen LogP contribution in [0.4, 0.5) is 10.5 Å². The second-order valence-electron chi connectivity index (χ2n) is 6.99. The predicted octanol–water partition coefficient (Wildman–Crippen LogP) is 4.08. The summed E-state index contributed by atoms with van der Waals surface area (Å²) in [5, 5.41) is 2.65. The first kappa shape index (κ1) is 21.7. The zero-order valence-corrected chi connectivity index (χ0v) is 16.9. The van der Waals surface area contributed by atoms with E-state index in [-0.39, 0.29) is 12.3 Å². The standard InChI is InChI=1S/C21H25N3O5/c1-5-27-19(25)17(22)12-14-13-23-11-10-18(14)28-16-8-6-15(7-9-16)24-20(26)29-21(2,3)4/h6-13H,5,22H2,1-4H3,(H,24,26)/b17-12-. The van der Waals surface area contributed by atoms with Crippen molar-refractivity contribution in [3.63, 3.8) is 0 Å². The van der Waals surface area contributed by atoms with E-state index in [0.717, 1.165) is 0 Å². The molecule has 1 aromatic heterocycles. The van der Waals surface area contributed by atoms with E-state index in [4.69, 9.17) is 19.9 Å². The lowest BCUT2D eigenvalue weighted by Gasteiger charge is -2.19. The highest BCUT2D eigenvalue weighted by Crippen LogP contribution is 2.27. The van der Waals surface area contributed by atoms with Crippen LogP contribution in [0.15, 0.2) is 48.4 Å². The minimum atomic E-state index is -0.611. The molecule has 0 aliphatic carbocycles. The van der Waals surface area contributed by atoms with Gasteiger partial charge in [0.05, 0.1) is 6.61 Å². The highest BCUT2D eigenvalue weighted by Gasteiger charge is 2.16. The van der Waals surface area contributed by atoms with Crippen molar-refractivity contribution in [3.05, 3.63) is 54.0 Å². The molecule has 1 aromatic carbocycles. The van der Waals surface area contributed by atoms with E-state index >= 15 is 0 Å². The van der Waals surface area contributed by atoms with E-state index in [2.05, 4.69) is 10.3 Å². The van der Waals surface area contributed by atoms with Crippen LogP contribution in [0.3, 0.4) is 0 Å². The van der Waals surface area contributed by atoms with Gasteiger partial charge in [0.15, 0.2) is 0 Å². The van der Waals surface area contributed by atoms with E-state index in [0.29, 0.717) is 22.7 Å². The molecule has 8 nitrogen and oxygen atoms in total. The molecule has 0 spiro atoms. The molecule has 0 saturated heterocycles. The summed E-state index contributed by atoms with van der Waals surface area (Å²) in [6.45, 7) is 7.30. The molecular weight excluding hydrogens is 374 g/mol. The molecule has 0 unspecified atom stereocenters. The summed E-state index contributed by atoms with van der Waals surface area (Å²) in [5.41, 5.74) is 6.21. The zero-order valence-electron chi connectivity index (χ0n) is 16.9. The maximum absolute atomic E-state index is 11.8. The van der Waals surface area contributed by atoms with Crippen molar-refractivity contribution in [1.82, 2.24) is 4.98 Å². The smallest absolute Gasteiger partial charge is 0.412 e. The van der Waals surface area contributed by atoms with Crippen LogP contribution in [0.25, 0.3) is 6.08 Å². The number of amides is 1. The molecule has 1 heterocycles. The van der Waals surface area contributed by atoms with Crippen LogP contribution in [0.5, 0.6) is 11.5 Å². The summed E-state index contributed by atoms with van der Waals surface area (Å²) >= 11 is 0. The number of anilines is 1. The van der Waals surface area contributed by atoms with Crippen LogP contribution in [0, 0.1) is 0 Å². The van der Waals surface area contributed by atoms with Crippen LogP contribution in [0.1, 0.15) is 33.3 Å². The summed E-state index contributed by atoms with van der Waals surface area (Å²) in [6.07, 6.45) is 3.99. The molecule has 1 amide bonds. The minimum absolute atomic E-state index is 0.0541. The number of hydrogen-bond acceptors (Lipinski definition) is 7. The Morgan fingerprint density at radius 2 is 1.86 bits per heavy atom. The van der Waals surface area contributed by atoms with Crippen LogP contribution < -0.4 is 15.8 Å². The summed E-state index contributed by atoms with van der Waals surface area (Å²) in [6, 6.07) is 8.40. The van der Waals surface area contributed by atoms with Gasteiger partial charge in [0.2, 0.25) is 0 Å². The largest absolute Gasteiger partial charge is 0.461 e. The van der Waals surface area contributed by atoms with Crippen molar-refractivity contribution >= 4 is 23.8 Å². The van der Waals surface area contributed by atoms with Crippen molar-refractivity contribution < 1.29 is 23.8 Å². The molecule has 0 bridgehead atoms. The fraction of sp³-hybridized carbons (Fsp3) is 0.286. The molecule has 154 valence electrons. The van der Waals surface area contributed by atoms with Crippen molar-refractivity contribution in [3.8, 4) is 11.5 Å². The first-order chi connectivity index (χ1) is 13.7. The fourth-order valence-corrected chi connectivity index (χ4v) is 2.19. The molecule has 3 N–H and O–H groups in total. The first-order valence-electron chi connectivity index (χ1n) is 9.04. The third-order valence-electron chi connectivity index (χ3n) is 3.36. The molecule has 0 radical (unpaired) electrons. The molecule has 8 heteroatoms. The number of benzene rings is 1. The normalized spacial score (nSPS) is 11.5. The van der Waals surface area contributed by atoms with E-state index in [1.807, 2.05) is 0 Å². The molecule has 2 aromatic rings. The number of ether oxygens (including phenoxy) is 3. The van der Waals surface area contributed by atoms with E-state index in [1.54, 1.807) is 64.2 Å². The predicted molar refractivity (Wildman–Crippen MR) is 109 cm³/mol. The monoisotopic (exact) mass is 399 g/mol. The number of nitrogens with two attached hydrogens (primary N) is 1. The topological polar surface area (TPSA) is 113 Å². The summed E-state index contributed by atoms with van der Waals surface area (Å²) in [5.74, 6) is 0.371. The Kier molecular flexibility index (Phi) is 7.19. The number of carbonyl (C=O) groups is 2. The molecule has 0 atom stereocenters. The van der Waals surface area contributed by atoms with Gasteiger partial charge in [-0.1, -0.05) is 0 Å². The molecule has 0 fully saturated rings. The molecule has 0 aliphatic heterocycles. The van der Waals surface area contributed by atoms with Gasteiger partial charge >= 0.3 is 12.1 Å². The Morgan fingerprint density at radius 3 is 2.48 bits per heavy atom. The maximum atomic E-state index is 11.8. The lowest BCUT2D eigenvalue weighted by atomic mass is 10.2. The maximum Gasteiger partial charge on any atom is 0.412 e. The van der Waals surface area contributed by atoms with Gasteiger partial charge in [-0.2, -0.15) is 0 Å². The second-order valence-corrected chi connectivity index (χ2v) is 6.99. The number of esters is 1. The van der Waals surface area contributed by atoms with E-state index < -0.39 is 17.7 Å². The van der Waals surface area contributed by atoms with Crippen LogP contribution >= 0.6 is 0 Å². The SMILES string of the molecule is CCOC(=O)/C(N)=C/c1cnccc1Oc1ccc(NC(=O)OC(C)(C)C)cc1. The van der Waals surface area contributed by atoms with Gasteiger partial charge < -0.3 is 19.9 Å². The van der Waals surface area contributed by atoms with Gasteiger partial charge in [-0.05, 0) is 64.1 Å². The molecular formula is C21H25N3O5. The second kappa shape index (κ2) is 9.59. The summed E-state index contributed by atoms with van der Waals surface area (Å²) < 4.78 is 15.9. The first-order valence-corrected chi connectivity index (χ1v) is 9.04. The third kappa shape index (κ3) is 7.17. The van der Waals surface area contributed by atoms with Gasteiger partial charge in [0, 0.05) is 23.6 Å². The Hall–Kier alpha value is -3.55. The van der Waals surface area contributed by atoms with E-state index in [1.165, 1.54) is 12.3 Å². The number of aromatic nitrogens is 1. The number of nitrogens with zero attached hydrogens (tertiary/aromatic N) is 1. The number of pyridine rings is 1.